The molecule has 0 saturated carbocycles. The Balaban J connectivity index is 2.72. The molecule has 0 fully saturated rings. The van der Waals surface area contributed by atoms with Crippen LogP contribution in [-0.4, -0.2) is 50.6 Å². The molecule has 0 amide bonds. The van der Waals surface area contributed by atoms with Crippen molar-refractivity contribution in [3.8, 4) is 11.3 Å². The van der Waals surface area contributed by atoms with Crippen molar-refractivity contribution >= 4 is 33.8 Å². The van der Waals surface area contributed by atoms with Gasteiger partial charge in [-0.2, -0.15) is 0 Å². The highest BCUT2D eigenvalue weighted by Crippen LogP contribution is 2.31. The number of hydrogen-bond acceptors (Lipinski definition) is 7. The average Bonchev–Trinajstić information content (AvgIpc) is 2.70. The van der Waals surface area contributed by atoms with Crippen molar-refractivity contribution in [3.05, 3.63) is 47.4 Å². The van der Waals surface area contributed by atoms with Crippen molar-refractivity contribution in [2.24, 2.45) is 0 Å². The van der Waals surface area contributed by atoms with Gasteiger partial charge in [0.25, 0.3) is 0 Å². The number of esters is 1. The lowest BCUT2D eigenvalue weighted by atomic mass is 9.97. The zero-order valence-corrected chi connectivity index (χ0v) is 18.7. The second-order valence-electron chi connectivity index (χ2n) is 7.12. The SMILES string of the molecule is COC(=O)CC(=O)C=Cc1c(-c2ccc(F)cc2)nc(N(C)S(C)(=O)=O)nc1C(C)C. The molecule has 0 aliphatic carbocycles. The van der Waals surface area contributed by atoms with Crippen LogP contribution in [0.1, 0.15) is 37.4 Å². The Kier molecular flexibility index (Phi) is 7.61. The Bertz CT molecular complexity index is 1110. The lowest BCUT2D eigenvalue weighted by Crippen LogP contribution is -2.27. The first-order chi connectivity index (χ1) is 14.4. The number of methoxy groups -OCH3 is 1. The summed E-state index contributed by atoms with van der Waals surface area (Å²) >= 11 is 0. The quantitative estimate of drug-likeness (QED) is 0.346. The summed E-state index contributed by atoms with van der Waals surface area (Å²) in [5, 5.41) is 0. The number of carbonyl (C=O) groups is 2. The fraction of sp³-hybridized carbons (Fsp3) is 0.333. The molecule has 10 heteroatoms. The van der Waals surface area contributed by atoms with E-state index in [9.17, 15) is 22.4 Å². The number of carbonyl (C=O) groups excluding carboxylic acids is 2. The summed E-state index contributed by atoms with van der Waals surface area (Å²) in [5.41, 5.74) is 1.78. The third-order valence-electron chi connectivity index (χ3n) is 4.39. The van der Waals surface area contributed by atoms with Gasteiger partial charge in [-0.1, -0.05) is 13.8 Å². The molecule has 1 aromatic carbocycles. The lowest BCUT2D eigenvalue weighted by Gasteiger charge is -2.20. The Hall–Kier alpha value is -3.14. The van der Waals surface area contributed by atoms with Crippen LogP contribution in [0.4, 0.5) is 10.3 Å². The van der Waals surface area contributed by atoms with Crippen LogP contribution < -0.4 is 4.31 Å². The molecule has 0 aliphatic heterocycles. The summed E-state index contributed by atoms with van der Waals surface area (Å²) in [4.78, 5) is 32.2. The van der Waals surface area contributed by atoms with E-state index in [1.807, 2.05) is 13.8 Å². The Morgan fingerprint density at radius 2 is 1.81 bits per heavy atom. The molecule has 1 heterocycles. The molecule has 0 unspecified atom stereocenters. The first kappa shape index (κ1) is 24.1. The molecule has 0 bridgehead atoms. The average molecular weight is 450 g/mol. The monoisotopic (exact) mass is 449 g/mol. The van der Waals surface area contributed by atoms with Crippen LogP contribution in [-0.2, 0) is 24.3 Å². The molecule has 0 radical (unpaired) electrons. The van der Waals surface area contributed by atoms with Crippen LogP contribution in [0.3, 0.4) is 0 Å². The Labute approximate surface area is 180 Å². The van der Waals surface area contributed by atoms with Crippen molar-refractivity contribution < 1.29 is 27.1 Å². The highest BCUT2D eigenvalue weighted by atomic mass is 32.2. The molecule has 2 rings (SSSR count). The minimum atomic E-state index is -3.63. The third kappa shape index (κ3) is 6.17. The molecule has 31 heavy (non-hydrogen) atoms. The maximum atomic E-state index is 13.5. The lowest BCUT2D eigenvalue weighted by molar-refractivity contribution is -0.142. The molecular formula is C21H24FN3O5S. The molecule has 0 atom stereocenters. The van der Waals surface area contributed by atoms with E-state index in [1.165, 1.54) is 50.6 Å². The van der Waals surface area contributed by atoms with E-state index in [4.69, 9.17) is 0 Å². The first-order valence-electron chi connectivity index (χ1n) is 9.33. The zero-order valence-electron chi connectivity index (χ0n) is 17.9. The van der Waals surface area contributed by atoms with Gasteiger partial charge in [-0.25, -0.2) is 27.1 Å². The van der Waals surface area contributed by atoms with Crippen molar-refractivity contribution in [2.75, 3.05) is 24.7 Å². The van der Waals surface area contributed by atoms with Gasteiger partial charge >= 0.3 is 5.97 Å². The predicted molar refractivity (Wildman–Crippen MR) is 115 cm³/mol. The van der Waals surface area contributed by atoms with E-state index in [-0.39, 0.29) is 11.9 Å². The molecule has 1 aromatic heterocycles. The van der Waals surface area contributed by atoms with Crippen LogP contribution in [0, 0.1) is 5.82 Å². The number of anilines is 1. The fourth-order valence-electron chi connectivity index (χ4n) is 2.65. The molecule has 0 saturated heterocycles. The summed E-state index contributed by atoms with van der Waals surface area (Å²) in [7, 11) is -1.11. The van der Waals surface area contributed by atoms with Crippen molar-refractivity contribution in [3.63, 3.8) is 0 Å². The second kappa shape index (κ2) is 9.78. The van der Waals surface area contributed by atoms with E-state index in [1.54, 1.807) is 0 Å². The number of hydrogen-bond donors (Lipinski definition) is 0. The van der Waals surface area contributed by atoms with Crippen molar-refractivity contribution in [2.45, 2.75) is 26.2 Å². The number of aromatic nitrogens is 2. The Morgan fingerprint density at radius 3 is 2.32 bits per heavy atom. The van der Waals surface area contributed by atoms with Gasteiger partial charge in [0.05, 0.1) is 24.8 Å². The largest absolute Gasteiger partial charge is 0.469 e. The van der Waals surface area contributed by atoms with Crippen molar-refractivity contribution in [1.29, 1.82) is 0 Å². The number of halogens is 1. The minimum absolute atomic E-state index is 0.0523. The molecule has 166 valence electrons. The first-order valence-corrected chi connectivity index (χ1v) is 11.2. The predicted octanol–water partition coefficient (Wildman–Crippen LogP) is 2.95. The van der Waals surface area contributed by atoms with Crippen LogP contribution in [0.2, 0.25) is 0 Å². The van der Waals surface area contributed by atoms with Gasteiger partial charge in [-0.15, -0.1) is 0 Å². The van der Waals surface area contributed by atoms with E-state index < -0.39 is 34.0 Å². The normalized spacial score (nSPS) is 11.7. The number of rotatable bonds is 8. The van der Waals surface area contributed by atoms with Gasteiger partial charge in [0.2, 0.25) is 16.0 Å². The van der Waals surface area contributed by atoms with Gasteiger partial charge in [0.15, 0.2) is 5.78 Å². The zero-order chi connectivity index (χ0) is 23.3. The minimum Gasteiger partial charge on any atom is -0.469 e. The Morgan fingerprint density at radius 1 is 1.19 bits per heavy atom. The number of allylic oxidation sites excluding steroid dienone is 1. The number of sulfonamides is 1. The molecule has 0 N–H and O–H groups in total. The van der Waals surface area contributed by atoms with Crippen LogP contribution in [0.5, 0.6) is 0 Å². The van der Waals surface area contributed by atoms with Gasteiger partial charge in [-0.3, -0.25) is 9.59 Å². The highest BCUT2D eigenvalue weighted by Gasteiger charge is 2.22. The molecule has 0 spiro atoms. The second-order valence-corrected chi connectivity index (χ2v) is 9.13. The molecule has 8 nitrogen and oxygen atoms in total. The number of ketones is 1. The topological polar surface area (TPSA) is 107 Å². The maximum absolute atomic E-state index is 13.5. The summed E-state index contributed by atoms with van der Waals surface area (Å²) < 4.78 is 43.0. The standard InChI is InChI=1S/C21H24FN3O5S/c1-13(2)19-17(11-10-16(26)12-18(27)30-4)20(14-6-8-15(22)9-7-14)24-21(23-19)25(3)31(5,28)29/h6-11,13H,12H2,1-5H3. The highest BCUT2D eigenvalue weighted by molar-refractivity contribution is 7.92. The third-order valence-corrected chi connectivity index (χ3v) is 5.55. The number of benzene rings is 1. The number of nitrogens with zero attached hydrogens (tertiary/aromatic N) is 3. The molecular weight excluding hydrogens is 425 g/mol. The maximum Gasteiger partial charge on any atom is 0.313 e. The van der Waals surface area contributed by atoms with Crippen molar-refractivity contribution in [1.82, 2.24) is 9.97 Å². The smallest absolute Gasteiger partial charge is 0.313 e. The van der Waals surface area contributed by atoms with Gasteiger partial charge in [-0.05, 0) is 42.3 Å². The van der Waals surface area contributed by atoms with E-state index in [0.29, 0.717) is 22.5 Å². The van der Waals surface area contributed by atoms with E-state index in [2.05, 4.69) is 14.7 Å². The van der Waals surface area contributed by atoms with E-state index in [0.717, 1.165) is 10.6 Å². The van der Waals surface area contributed by atoms with Crippen LogP contribution in [0.15, 0.2) is 30.3 Å². The van der Waals surface area contributed by atoms with Gasteiger partial charge in [0.1, 0.15) is 12.2 Å². The van der Waals surface area contributed by atoms with Gasteiger partial charge < -0.3 is 4.74 Å². The summed E-state index contributed by atoms with van der Waals surface area (Å²) in [6.07, 6.45) is 3.30. The van der Waals surface area contributed by atoms with E-state index >= 15 is 0 Å². The van der Waals surface area contributed by atoms with Crippen LogP contribution in [0.25, 0.3) is 17.3 Å². The molecule has 0 aliphatic rings. The van der Waals surface area contributed by atoms with Gasteiger partial charge in [0, 0.05) is 18.2 Å². The summed E-state index contributed by atoms with van der Waals surface area (Å²) in [6, 6.07) is 5.50. The van der Waals surface area contributed by atoms with Crippen LogP contribution >= 0.6 is 0 Å². The number of ether oxygens (including phenoxy) is 1. The summed E-state index contributed by atoms with van der Waals surface area (Å²) in [6.45, 7) is 3.71. The fourth-order valence-corrected chi connectivity index (χ4v) is 3.02. The molecule has 2 aromatic rings. The summed E-state index contributed by atoms with van der Waals surface area (Å²) in [5.74, 6) is -1.81.